The van der Waals surface area contributed by atoms with Crippen LogP contribution in [-0.2, 0) is 11.2 Å². The molecule has 0 aliphatic carbocycles. The number of rotatable bonds is 5. The SMILES string of the molecule is CN1CCC[C@@H]1c1nc(CCCNC(=O)OC(C)(C)C)no1. The Morgan fingerprint density at radius 2 is 2.27 bits per heavy atom. The van der Waals surface area contributed by atoms with Crippen molar-refractivity contribution in [1.82, 2.24) is 20.4 Å². The Labute approximate surface area is 131 Å². The molecule has 1 saturated heterocycles. The summed E-state index contributed by atoms with van der Waals surface area (Å²) >= 11 is 0. The molecule has 0 unspecified atom stereocenters. The second-order valence-corrected chi connectivity index (χ2v) is 6.72. The van der Waals surface area contributed by atoms with E-state index in [1.807, 2.05) is 20.8 Å². The van der Waals surface area contributed by atoms with Gasteiger partial charge in [0.25, 0.3) is 0 Å². The van der Waals surface area contributed by atoms with Crippen LogP contribution in [0.25, 0.3) is 0 Å². The van der Waals surface area contributed by atoms with Crippen molar-refractivity contribution in [1.29, 1.82) is 0 Å². The van der Waals surface area contributed by atoms with Gasteiger partial charge in [0.1, 0.15) is 5.60 Å². The summed E-state index contributed by atoms with van der Waals surface area (Å²) in [6.45, 7) is 7.12. The lowest BCUT2D eigenvalue weighted by molar-refractivity contribution is 0.0527. The summed E-state index contributed by atoms with van der Waals surface area (Å²) in [5.74, 6) is 1.40. The molecule has 0 saturated carbocycles. The normalized spacial score (nSPS) is 19.4. The van der Waals surface area contributed by atoms with E-state index in [1.54, 1.807) is 0 Å². The van der Waals surface area contributed by atoms with Gasteiger partial charge in [-0.15, -0.1) is 0 Å². The fraction of sp³-hybridized carbons (Fsp3) is 0.800. The van der Waals surface area contributed by atoms with E-state index in [9.17, 15) is 4.79 Å². The molecule has 124 valence electrons. The van der Waals surface area contributed by atoms with E-state index < -0.39 is 11.7 Å². The zero-order valence-electron chi connectivity index (χ0n) is 13.9. The molecular formula is C15H26N4O3. The van der Waals surface area contributed by atoms with E-state index in [2.05, 4.69) is 27.4 Å². The molecule has 1 N–H and O–H groups in total. The van der Waals surface area contributed by atoms with Gasteiger partial charge in [-0.2, -0.15) is 4.98 Å². The summed E-state index contributed by atoms with van der Waals surface area (Å²) in [6.07, 6.45) is 3.26. The Hall–Kier alpha value is -1.63. The molecule has 1 aromatic heterocycles. The molecule has 7 nitrogen and oxygen atoms in total. The highest BCUT2D eigenvalue weighted by Gasteiger charge is 2.27. The molecule has 0 aromatic carbocycles. The zero-order valence-corrected chi connectivity index (χ0v) is 13.9. The van der Waals surface area contributed by atoms with Crippen molar-refractivity contribution >= 4 is 6.09 Å². The smallest absolute Gasteiger partial charge is 0.407 e. The summed E-state index contributed by atoms with van der Waals surface area (Å²) in [5.41, 5.74) is -0.472. The first-order valence-corrected chi connectivity index (χ1v) is 7.85. The number of nitrogens with one attached hydrogen (secondary N) is 1. The standard InChI is InChI=1S/C15H26N4O3/c1-15(2,3)21-14(20)16-9-5-8-12-17-13(22-18-12)11-7-6-10-19(11)4/h11H,5-10H2,1-4H3,(H,16,20)/t11-/m1/s1. The number of nitrogens with zero attached hydrogens (tertiary/aromatic N) is 3. The molecule has 2 heterocycles. The molecular weight excluding hydrogens is 284 g/mol. The molecule has 2 rings (SSSR count). The Morgan fingerprint density at radius 3 is 2.91 bits per heavy atom. The van der Waals surface area contributed by atoms with Crippen molar-refractivity contribution < 1.29 is 14.1 Å². The van der Waals surface area contributed by atoms with Gasteiger partial charge >= 0.3 is 6.09 Å². The second kappa shape index (κ2) is 7.09. The van der Waals surface area contributed by atoms with Crippen LogP contribution in [0.15, 0.2) is 4.52 Å². The summed E-state index contributed by atoms with van der Waals surface area (Å²) in [6, 6.07) is 0.251. The van der Waals surface area contributed by atoms with Crippen molar-refractivity contribution in [2.75, 3.05) is 20.1 Å². The molecule has 1 aliphatic heterocycles. The van der Waals surface area contributed by atoms with Crippen LogP contribution in [0.2, 0.25) is 0 Å². The first-order valence-electron chi connectivity index (χ1n) is 7.85. The van der Waals surface area contributed by atoms with Gasteiger partial charge in [0.2, 0.25) is 5.89 Å². The molecule has 1 aromatic rings. The highest BCUT2D eigenvalue weighted by Crippen LogP contribution is 2.28. The quantitative estimate of drug-likeness (QED) is 0.841. The number of amides is 1. The predicted octanol–water partition coefficient (Wildman–Crippen LogP) is 2.29. The molecule has 0 spiro atoms. The average molecular weight is 310 g/mol. The topological polar surface area (TPSA) is 80.5 Å². The van der Waals surface area contributed by atoms with Crippen LogP contribution in [0.5, 0.6) is 0 Å². The van der Waals surface area contributed by atoms with Crippen LogP contribution in [0.3, 0.4) is 0 Å². The molecule has 0 radical (unpaired) electrons. The van der Waals surface area contributed by atoms with E-state index in [0.29, 0.717) is 24.7 Å². The predicted molar refractivity (Wildman–Crippen MR) is 81.5 cm³/mol. The number of likely N-dealkylation sites (tertiary alicyclic amines) is 1. The lowest BCUT2D eigenvalue weighted by Crippen LogP contribution is -2.33. The maximum atomic E-state index is 11.5. The van der Waals surface area contributed by atoms with Gasteiger partial charge in [-0.05, 0) is 53.6 Å². The van der Waals surface area contributed by atoms with Gasteiger partial charge in [0, 0.05) is 13.0 Å². The maximum absolute atomic E-state index is 11.5. The number of hydrogen-bond donors (Lipinski definition) is 1. The van der Waals surface area contributed by atoms with E-state index in [-0.39, 0.29) is 6.04 Å². The molecule has 1 fully saturated rings. The fourth-order valence-electron chi connectivity index (χ4n) is 2.48. The number of carbonyl (C=O) groups is 1. The Balaban J connectivity index is 1.70. The largest absolute Gasteiger partial charge is 0.444 e. The third kappa shape index (κ3) is 4.98. The first kappa shape index (κ1) is 16.7. The Kier molecular flexibility index (Phi) is 5.39. The van der Waals surface area contributed by atoms with Gasteiger partial charge in [0.15, 0.2) is 5.82 Å². The molecule has 22 heavy (non-hydrogen) atoms. The van der Waals surface area contributed by atoms with Crippen molar-refractivity contribution in [2.45, 2.75) is 58.1 Å². The monoisotopic (exact) mass is 310 g/mol. The fourth-order valence-corrected chi connectivity index (χ4v) is 2.48. The zero-order chi connectivity index (χ0) is 16.2. The lowest BCUT2D eigenvalue weighted by Gasteiger charge is -2.19. The summed E-state index contributed by atoms with van der Waals surface area (Å²) in [4.78, 5) is 18.2. The third-order valence-electron chi connectivity index (χ3n) is 3.53. The minimum Gasteiger partial charge on any atom is -0.444 e. The molecule has 1 aliphatic rings. The number of aromatic nitrogens is 2. The summed E-state index contributed by atoms with van der Waals surface area (Å²) in [5, 5.41) is 6.74. The number of ether oxygens (including phenoxy) is 1. The van der Waals surface area contributed by atoms with Crippen LogP contribution in [-0.4, -0.2) is 46.9 Å². The van der Waals surface area contributed by atoms with Crippen molar-refractivity contribution in [3.63, 3.8) is 0 Å². The van der Waals surface area contributed by atoms with Gasteiger partial charge in [-0.1, -0.05) is 5.16 Å². The minimum absolute atomic E-state index is 0.251. The number of hydrogen-bond acceptors (Lipinski definition) is 6. The van der Waals surface area contributed by atoms with Crippen LogP contribution in [0.1, 0.15) is 57.8 Å². The maximum Gasteiger partial charge on any atom is 0.407 e. The van der Waals surface area contributed by atoms with Crippen molar-refractivity contribution in [3.8, 4) is 0 Å². The molecule has 1 atom stereocenters. The highest BCUT2D eigenvalue weighted by molar-refractivity contribution is 5.67. The van der Waals surface area contributed by atoms with E-state index in [1.165, 1.54) is 6.42 Å². The third-order valence-corrected chi connectivity index (χ3v) is 3.53. The highest BCUT2D eigenvalue weighted by atomic mass is 16.6. The van der Waals surface area contributed by atoms with E-state index in [0.717, 1.165) is 19.4 Å². The van der Waals surface area contributed by atoms with E-state index >= 15 is 0 Å². The van der Waals surface area contributed by atoms with Crippen LogP contribution >= 0.6 is 0 Å². The summed E-state index contributed by atoms with van der Waals surface area (Å²) < 4.78 is 10.5. The second-order valence-electron chi connectivity index (χ2n) is 6.72. The average Bonchev–Trinajstić information content (AvgIpc) is 3.01. The van der Waals surface area contributed by atoms with Crippen LogP contribution in [0, 0.1) is 0 Å². The number of aryl methyl sites for hydroxylation is 1. The van der Waals surface area contributed by atoms with Gasteiger partial charge < -0.3 is 14.6 Å². The van der Waals surface area contributed by atoms with Crippen molar-refractivity contribution in [2.24, 2.45) is 0 Å². The molecule has 1 amide bonds. The summed E-state index contributed by atoms with van der Waals surface area (Å²) in [7, 11) is 2.08. The Bertz CT molecular complexity index is 495. The van der Waals surface area contributed by atoms with Crippen LogP contribution < -0.4 is 5.32 Å². The number of alkyl carbamates (subject to hydrolysis) is 1. The van der Waals surface area contributed by atoms with Gasteiger partial charge in [0.05, 0.1) is 6.04 Å². The van der Waals surface area contributed by atoms with Crippen molar-refractivity contribution in [3.05, 3.63) is 11.7 Å². The minimum atomic E-state index is -0.472. The number of carbonyl (C=O) groups excluding carboxylic acids is 1. The van der Waals surface area contributed by atoms with Gasteiger partial charge in [-0.3, -0.25) is 4.90 Å². The molecule has 0 bridgehead atoms. The lowest BCUT2D eigenvalue weighted by atomic mass is 10.2. The first-order chi connectivity index (χ1) is 10.3. The Morgan fingerprint density at radius 1 is 1.50 bits per heavy atom. The molecule has 7 heteroatoms. The van der Waals surface area contributed by atoms with E-state index in [4.69, 9.17) is 9.26 Å². The van der Waals surface area contributed by atoms with Crippen LogP contribution in [0.4, 0.5) is 4.79 Å². The van der Waals surface area contributed by atoms with Gasteiger partial charge in [-0.25, -0.2) is 4.79 Å².